The summed E-state index contributed by atoms with van der Waals surface area (Å²) in [6, 6.07) is 7.29. The first-order valence-corrected chi connectivity index (χ1v) is 7.63. The van der Waals surface area contributed by atoms with Crippen LogP contribution in [0.1, 0.15) is 20.8 Å². The molecule has 5 nitrogen and oxygen atoms in total. The molecule has 1 aliphatic heterocycles. The lowest BCUT2D eigenvalue weighted by Crippen LogP contribution is -2.65. The molecule has 1 N–H and O–H groups in total. The highest BCUT2D eigenvalue weighted by Crippen LogP contribution is 2.21. The zero-order valence-electron chi connectivity index (χ0n) is 12.4. The quantitative estimate of drug-likeness (QED) is 0.902. The third-order valence-electron chi connectivity index (χ3n) is 3.59. The highest BCUT2D eigenvalue weighted by molar-refractivity contribution is 9.10. The first-order chi connectivity index (χ1) is 9.82. The molecule has 2 amide bonds. The van der Waals surface area contributed by atoms with E-state index in [-0.39, 0.29) is 11.8 Å². The Hall–Kier alpha value is -1.56. The Bertz CT molecular complexity index is 542. The second kappa shape index (κ2) is 6.05. The van der Waals surface area contributed by atoms with Crippen molar-refractivity contribution in [3.63, 3.8) is 0 Å². The molecule has 2 rings (SSSR count). The van der Waals surface area contributed by atoms with E-state index in [2.05, 4.69) is 21.2 Å². The molecule has 1 aliphatic rings. The summed E-state index contributed by atoms with van der Waals surface area (Å²) in [5.41, 5.74) is -0.854. The largest absolute Gasteiger partial charge is 0.481 e. The molecule has 0 radical (unpaired) electrons. The zero-order chi connectivity index (χ0) is 15.6. The second-order valence-electron chi connectivity index (χ2n) is 5.52. The normalized spacial score (nSPS) is 18.9. The van der Waals surface area contributed by atoms with Gasteiger partial charge in [-0.05, 0) is 45.0 Å². The zero-order valence-corrected chi connectivity index (χ0v) is 13.9. The van der Waals surface area contributed by atoms with Gasteiger partial charge in [0.05, 0.1) is 0 Å². The predicted octanol–water partition coefficient (Wildman–Crippen LogP) is 1.95. The minimum Gasteiger partial charge on any atom is -0.481 e. The number of rotatable bonds is 3. The number of nitrogens with one attached hydrogen (secondary N) is 1. The van der Waals surface area contributed by atoms with Gasteiger partial charge in [0.15, 0.2) is 6.10 Å². The predicted molar refractivity (Wildman–Crippen MR) is 83.0 cm³/mol. The van der Waals surface area contributed by atoms with Crippen LogP contribution in [-0.2, 0) is 9.59 Å². The van der Waals surface area contributed by atoms with Crippen LogP contribution >= 0.6 is 15.9 Å². The number of ether oxygens (including phenoxy) is 1. The van der Waals surface area contributed by atoms with Crippen LogP contribution in [0.4, 0.5) is 0 Å². The minimum atomic E-state index is -0.854. The van der Waals surface area contributed by atoms with Gasteiger partial charge in [-0.3, -0.25) is 9.59 Å². The fourth-order valence-corrected chi connectivity index (χ4v) is 2.54. The van der Waals surface area contributed by atoms with E-state index in [9.17, 15) is 9.59 Å². The molecule has 1 aromatic carbocycles. The standard InChI is InChI=1S/C15H19BrN2O3/c1-10(21-12-6-4-11(16)5-7-12)13(19)18-9-8-17-14(20)15(18,2)3/h4-7,10H,8-9H2,1-3H3,(H,17,20). The molecule has 1 atom stereocenters. The molecule has 114 valence electrons. The van der Waals surface area contributed by atoms with E-state index in [1.165, 1.54) is 0 Å². The number of carbonyl (C=O) groups is 2. The van der Waals surface area contributed by atoms with Crippen LogP contribution in [0.5, 0.6) is 5.75 Å². The minimum absolute atomic E-state index is 0.141. The maximum atomic E-state index is 12.5. The average Bonchev–Trinajstić information content (AvgIpc) is 2.43. The van der Waals surface area contributed by atoms with E-state index in [0.717, 1.165) is 4.47 Å². The molecule has 1 saturated heterocycles. The van der Waals surface area contributed by atoms with Crippen LogP contribution in [0, 0.1) is 0 Å². The Morgan fingerprint density at radius 1 is 1.38 bits per heavy atom. The number of hydrogen-bond donors (Lipinski definition) is 1. The van der Waals surface area contributed by atoms with Crippen molar-refractivity contribution in [3.8, 4) is 5.75 Å². The van der Waals surface area contributed by atoms with Gasteiger partial charge in [-0.25, -0.2) is 0 Å². The monoisotopic (exact) mass is 354 g/mol. The van der Waals surface area contributed by atoms with Crippen LogP contribution in [0.3, 0.4) is 0 Å². The van der Waals surface area contributed by atoms with Crippen molar-refractivity contribution >= 4 is 27.7 Å². The summed E-state index contributed by atoms with van der Waals surface area (Å²) in [6.07, 6.45) is -0.642. The number of hydrogen-bond acceptors (Lipinski definition) is 3. The van der Waals surface area contributed by atoms with E-state index in [0.29, 0.717) is 18.8 Å². The molecule has 1 fully saturated rings. The maximum absolute atomic E-state index is 12.5. The van der Waals surface area contributed by atoms with E-state index in [1.807, 2.05) is 12.1 Å². The van der Waals surface area contributed by atoms with E-state index in [4.69, 9.17) is 4.74 Å². The van der Waals surface area contributed by atoms with Crippen LogP contribution in [0.15, 0.2) is 28.7 Å². The molecule has 1 aromatic rings. The number of nitrogens with zero attached hydrogens (tertiary/aromatic N) is 1. The Kier molecular flexibility index (Phi) is 4.56. The van der Waals surface area contributed by atoms with Gasteiger partial charge in [-0.15, -0.1) is 0 Å². The van der Waals surface area contributed by atoms with Crippen LogP contribution in [0.2, 0.25) is 0 Å². The van der Waals surface area contributed by atoms with Gasteiger partial charge < -0.3 is 15.0 Å². The molecule has 1 unspecified atom stereocenters. The van der Waals surface area contributed by atoms with Crippen molar-refractivity contribution in [1.29, 1.82) is 0 Å². The van der Waals surface area contributed by atoms with Gasteiger partial charge >= 0.3 is 0 Å². The molecule has 0 saturated carbocycles. The van der Waals surface area contributed by atoms with Crippen LogP contribution < -0.4 is 10.1 Å². The molecule has 1 heterocycles. The topological polar surface area (TPSA) is 58.6 Å². The van der Waals surface area contributed by atoms with Gasteiger partial charge in [-0.2, -0.15) is 0 Å². The lowest BCUT2D eigenvalue weighted by atomic mass is 9.98. The summed E-state index contributed by atoms with van der Waals surface area (Å²) in [7, 11) is 0. The van der Waals surface area contributed by atoms with E-state index >= 15 is 0 Å². The molecular weight excluding hydrogens is 336 g/mol. The number of carbonyl (C=O) groups excluding carboxylic acids is 2. The fraction of sp³-hybridized carbons (Fsp3) is 0.467. The van der Waals surface area contributed by atoms with Crippen molar-refractivity contribution in [1.82, 2.24) is 10.2 Å². The highest BCUT2D eigenvalue weighted by Gasteiger charge is 2.42. The molecule has 0 aromatic heterocycles. The Labute approximate surface area is 132 Å². The van der Waals surface area contributed by atoms with E-state index in [1.54, 1.807) is 37.8 Å². The van der Waals surface area contributed by atoms with E-state index < -0.39 is 11.6 Å². The highest BCUT2D eigenvalue weighted by atomic mass is 79.9. The lowest BCUT2D eigenvalue weighted by Gasteiger charge is -2.42. The molecule has 0 bridgehead atoms. The van der Waals surface area contributed by atoms with Crippen LogP contribution in [-0.4, -0.2) is 41.4 Å². The molecule has 6 heteroatoms. The molecule has 21 heavy (non-hydrogen) atoms. The Morgan fingerprint density at radius 3 is 2.62 bits per heavy atom. The van der Waals surface area contributed by atoms with Gasteiger partial charge in [0, 0.05) is 17.6 Å². The molecule has 0 spiro atoms. The second-order valence-corrected chi connectivity index (χ2v) is 6.43. The summed E-state index contributed by atoms with van der Waals surface area (Å²) in [5.74, 6) is 0.300. The molecule has 0 aliphatic carbocycles. The summed E-state index contributed by atoms with van der Waals surface area (Å²) in [5, 5.41) is 2.77. The van der Waals surface area contributed by atoms with Crippen molar-refractivity contribution in [2.24, 2.45) is 0 Å². The lowest BCUT2D eigenvalue weighted by molar-refractivity contribution is -0.153. The van der Waals surface area contributed by atoms with Crippen molar-refractivity contribution in [2.45, 2.75) is 32.4 Å². The first kappa shape index (κ1) is 15.8. The van der Waals surface area contributed by atoms with Crippen molar-refractivity contribution < 1.29 is 14.3 Å². The van der Waals surface area contributed by atoms with Crippen LogP contribution in [0.25, 0.3) is 0 Å². The molecular formula is C15H19BrN2O3. The Morgan fingerprint density at radius 2 is 2.00 bits per heavy atom. The Balaban J connectivity index is 2.08. The third kappa shape index (κ3) is 3.37. The smallest absolute Gasteiger partial charge is 0.264 e. The summed E-state index contributed by atoms with van der Waals surface area (Å²) in [6.45, 7) is 6.15. The average molecular weight is 355 g/mol. The summed E-state index contributed by atoms with van der Waals surface area (Å²) < 4.78 is 6.62. The van der Waals surface area contributed by atoms with Gasteiger partial charge in [0.1, 0.15) is 11.3 Å². The number of piperazine rings is 1. The maximum Gasteiger partial charge on any atom is 0.264 e. The van der Waals surface area contributed by atoms with Crippen molar-refractivity contribution in [2.75, 3.05) is 13.1 Å². The fourth-order valence-electron chi connectivity index (χ4n) is 2.27. The van der Waals surface area contributed by atoms with Crippen molar-refractivity contribution in [3.05, 3.63) is 28.7 Å². The summed E-state index contributed by atoms with van der Waals surface area (Å²) in [4.78, 5) is 26.0. The van der Waals surface area contributed by atoms with Gasteiger partial charge in [0.25, 0.3) is 5.91 Å². The third-order valence-corrected chi connectivity index (χ3v) is 4.12. The first-order valence-electron chi connectivity index (χ1n) is 6.84. The number of benzene rings is 1. The number of halogens is 1. The van der Waals surface area contributed by atoms with Gasteiger partial charge in [-0.1, -0.05) is 15.9 Å². The SMILES string of the molecule is CC(Oc1ccc(Br)cc1)C(=O)N1CCNC(=O)C1(C)C. The number of amides is 2. The summed E-state index contributed by atoms with van der Waals surface area (Å²) >= 11 is 3.35. The van der Waals surface area contributed by atoms with Gasteiger partial charge in [0.2, 0.25) is 5.91 Å².